The molecule has 2 aromatic carbocycles. The van der Waals surface area contributed by atoms with Crippen LogP contribution in [0.3, 0.4) is 0 Å². The highest BCUT2D eigenvalue weighted by Crippen LogP contribution is 2.35. The lowest BCUT2D eigenvalue weighted by Gasteiger charge is -2.23. The number of benzene rings is 2. The summed E-state index contributed by atoms with van der Waals surface area (Å²) in [7, 11) is 0. The number of aliphatic imine (C=N–C) groups is 1. The first-order valence-corrected chi connectivity index (χ1v) is 10.5. The Morgan fingerprint density at radius 2 is 1.94 bits per heavy atom. The molecule has 2 aliphatic rings. The molecule has 0 saturated carbocycles. The van der Waals surface area contributed by atoms with Gasteiger partial charge in [-0.3, -0.25) is 0 Å². The number of nitrogens with one attached hydrogen (secondary N) is 3. The summed E-state index contributed by atoms with van der Waals surface area (Å²) in [5, 5.41) is 22.3. The third-order valence-electron chi connectivity index (χ3n) is 5.71. The maximum absolute atomic E-state index is 13.9. The minimum atomic E-state index is -0.386. The molecule has 7 nitrogen and oxygen atoms in total. The molecule has 33 heavy (non-hydrogen) atoms. The minimum Gasteiger partial charge on any atom is -0.494 e. The van der Waals surface area contributed by atoms with Crippen LogP contribution in [0.5, 0.6) is 5.88 Å². The molecule has 3 aromatic rings. The zero-order valence-electron chi connectivity index (χ0n) is 17.8. The molecule has 0 bridgehead atoms. The first kappa shape index (κ1) is 25.0. The second kappa shape index (κ2) is 11.0. The zero-order valence-corrected chi connectivity index (χ0v) is 19.4. The monoisotopic (exact) mass is 493 g/mol. The Bertz CT molecular complexity index is 1170. The van der Waals surface area contributed by atoms with Crippen LogP contribution < -0.4 is 10.6 Å². The number of H-pyrrole nitrogens is 1. The topological polar surface area (TPSA) is 94.0 Å². The van der Waals surface area contributed by atoms with Crippen molar-refractivity contribution in [2.24, 2.45) is 10.1 Å². The lowest BCUT2D eigenvalue weighted by Crippen LogP contribution is -2.41. The van der Waals surface area contributed by atoms with Gasteiger partial charge < -0.3 is 25.6 Å². The van der Waals surface area contributed by atoms with Crippen LogP contribution >= 0.6 is 24.8 Å². The van der Waals surface area contributed by atoms with Crippen LogP contribution in [0.1, 0.15) is 24.0 Å². The van der Waals surface area contributed by atoms with E-state index in [1.165, 1.54) is 12.1 Å². The van der Waals surface area contributed by atoms with Crippen molar-refractivity contribution in [2.45, 2.75) is 18.9 Å². The maximum Gasteiger partial charge on any atom is 0.199 e. The lowest BCUT2D eigenvalue weighted by atomic mass is 10.0. The highest BCUT2D eigenvalue weighted by Gasteiger charge is 2.29. The Kier molecular flexibility index (Phi) is 8.31. The second-order valence-electron chi connectivity index (χ2n) is 7.77. The van der Waals surface area contributed by atoms with E-state index in [4.69, 9.17) is 4.84 Å². The van der Waals surface area contributed by atoms with E-state index in [0.717, 1.165) is 37.2 Å². The molecule has 0 unspecified atom stereocenters. The van der Waals surface area contributed by atoms with Gasteiger partial charge in [-0.15, -0.1) is 24.8 Å². The molecule has 10 heteroatoms. The fraction of sp³-hybridized carbons (Fsp3) is 0.304. The summed E-state index contributed by atoms with van der Waals surface area (Å²) in [4.78, 5) is 13.2. The van der Waals surface area contributed by atoms with Crippen molar-refractivity contribution in [1.29, 1.82) is 0 Å². The van der Waals surface area contributed by atoms with Gasteiger partial charge in [0.1, 0.15) is 23.8 Å². The van der Waals surface area contributed by atoms with Crippen LogP contribution in [0.4, 0.5) is 10.1 Å². The summed E-state index contributed by atoms with van der Waals surface area (Å²) in [5.41, 5.74) is 3.58. The van der Waals surface area contributed by atoms with Crippen molar-refractivity contribution in [3.8, 4) is 5.88 Å². The van der Waals surface area contributed by atoms with Gasteiger partial charge in [-0.25, -0.2) is 9.38 Å². The summed E-state index contributed by atoms with van der Waals surface area (Å²) in [6.07, 6.45) is 2.21. The Morgan fingerprint density at radius 1 is 1.15 bits per heavy atom. The van der Waals surface area contributed by atoms with Gasteiger partial charge in [-0.05, 0) is 50.2 Å². The third-order valence-corrected chi connectivity index (χ3v) is 5.71. The summed E-state index contributed by atoms with van der Waals surface area (Å²) in [6, 6.07) is 12.4. The average molecular weight is 494 g/mol. The van der Waals surface area contributed by atoms with Gasteiger partial charge >= 0.3 is 0 Å². The number of rotatable bonds is 6. The number of para-hydroxylation sites is 1. The van der Waals surface area contributed by atoms with Gasteiger partial charge in [-0.2, -0.15) is 0 Å². The Balaban J connectivity index is 0.00000153. The van der Waals surface area contributed by atoms with Crippen molar-refractivity contribution in [3.63, 3.8) is 0 Å². The number of halogens is 3. The highest BCUT2D eigenvalue weighted by molar-refractivity contribution is 6.58. The predicted octanol–water partition coefficient (Wildman–Crippen LogP) is 4.05. The molecule has 4 N–H and O–H groups in total. The molecule has 176 valence electrons. The lowest BCUT2D eigenvalue weighted by molar-refractivity contribution is 0.143. The number of hydrogen-bond acceptors (Lipinski definition) is 6. The quantitative estimate of drug-likeness (QED) is 0.307. The number of hydrogen-bond donors (Lipinski definition) is 4. The molecule has 1 aromatic heterocycles. The van der Waals surface area contributed by atoms with Crippen LogP contribution in [0.25, 0.3) is 10.9 Å². The first-order chi connectivity index (χ1) is 15.2. The Morgan fingerprint density at radius 3 is 2.76 bits per heavy atom. The maximum atomic E-state index is 13.9. The summed E-state index contributed by atoms with van der Waals surface area (Å²) < 4.78 is 13.9. The van der Waals surface area contributed by atoms with E-state index in [1.807, 2.05) is 24.3 Å². The Labute approximate surface area is 203 Å². The van der Waals surface area contributed by atoms with Gasteiger partial charge in [0.2, 0.25) is 0 Å². The normalized spacial score (nSPS) is 16.8. The largest absolute Gasteiger partial charge is 0.494 e. The molecule has 0 spiro atoms. The third kappa shape index (κ3) is 5.14. The van der Waals surface area contributed by atoms with Crippen LogP contribution in [-0.4, -0.2) is 53.8 Å². The first-order valence-electron chi connectivity index (χ1n) is 10.5. The SMILES string of the molecule is Cl.Cl.Oc1[nH]c2ccc(F)cc2c1C1=Nc2ccccc2/C1=N\OCCNC1CCNCC1. The van der Waals surface area contributed by atoms with Crippen LogP contribution in [0, 0.1) is 5.82 Å². The van der Waals surface area contributed by atoms with Gasteiger partial charge in [-0.1, -0.05) is 23.4 Å². The van der Waals surface area contributed by atoms with Crippen molar-refractivity contribution in [2.75, 3.05) is 26.2 Å². The number of oxime groups is 1. The number of fused-ring (bicyclic) bond motifs is 2. The summed E-state index contributed by atoms with van der Waals surface area (Å²) in [5.74, 6) is -0.463. The van der Waals surface area contributed by atoms with E-state index in [9.17, 15) is 9.50 Å². The molecular formula is C23H26Cl2FN5O2. The summed E-state index contributed by atoms with van der Waals surface area (Å²) in [6.45, 7) is 3.18. The number of nitrogens with zero attached hydrogens (tertiary/aromatic N) is 2. The van der Waals surface area contributed by atoms with Crippen molar-refractivity contribution in [3.05, 3.63) is 59.4 Å². The molecule has 0 aliphatic carbocycles. The van der Waals surface area contributed by atoms with Crippen molar-refractivity contribution in [1.82, 2.24) is 15.6 Å². The average Bonchev–Trinajstić information content (AvgIpc) is 3.30. The molecule has 0 atom stereocenters. The second-order valence-corrected chi connectivity index (χ2v) is 7.77. The minimum absolute atomic E-state index is 0. The molecule has 0 radical (unpaired) electrons. The molecule has 1 saturated heterocycles. The van der Waals surface area contributed by atoms with E-state index in [0.29, 0.717) is 47.1 Å². The van der Waals surface area contributed by atoms with Crippen LogP contribution in [0.2, 0.25) is 0 Å². The van der Waals surface area contributed by atoms with E-state index in [-0.39, 0.29) is 36.5 Å². The van der Waals surface area contributed by atoms with E-state index in [2.05, 4.69) is 25.8 Å². The molecule has 0 amide bonds. The van der Waals surface area contributed by atoms with E-state index in [1.54, 1.807) is 6.07 Å². The van der Waals surface area contributed by atoms with E-state index < -0.39 is 0 Å². The Hall–Kier alpha value is -2.65. The van der Waals surface area contributed by atoms with Crippen LogP contribution in [-0.2, 0) is 4.84 Å². The molecular weight excluding hydrogens is 468 g/mol. The van der Waals surface area contributed by atoms with Crippen LogP contribution in [0.15, 0.2) is 52.6 Å². The summed E-state index contributed by atoms with van der Waals surface area (Å²) >= 11 is 0. The van der Waals surface area contributed by atoms with Gasteiger partial charge in [0.05, 0.1) is 11.3 Å². The van der Waals surface area contributed by atoms with Crippen molar-refractivity contribution < 1.29 is 14.3 Å². The van der Waals surface area contributed by atoms with Gasteiger partial charge in [0.15, 0.2) is 5.88 Å². The van der Waals surface area contributed by atoms with Crippen molar-refractivity contribution >= 4 is 52.8 Å². The van der Waals surface area contributed by atoms with Gasteiger partial charge in [0.25, 0.3) is 0 Å². The highest BCUT2D eigenvalue weighted by atomic mass is 35.5. The zero-order chi connectivity index (χ0) is 21.2. The fourth-order valence-electron chi connectivity index (χ4n) is 4.17. The molecule has 3 heterocycles. The molecule has 5 rings (SSSR count). The molecule has 2 aliphatic heterocycles. The number of aromatic nitrogens is 1. The molecule has 1 fully saturated rings. The fourth-order valence-corrected chi connectivity index (χ4v) is 4.17. The predicted molar refractivity (Wildman–Crippen MR) is 133 cm³/mol. The van der Waals surface area contributed by atoms with Gasteiger partial charge in [0, 0.05) is 29.1 Å². The number of piperidine rings is 1. The standard InChI is InChI=1S/C23H24FN5O2.2ClH/c24-14-5-6-19-17(13-14)20(23(30)28-19)22-21(16-3-1-2-4-18(16)27-22)29-31-12-11-26-15-7-9-25-10-8-15;;/h1-6,13,15,25-26,28,30H,7-12H2;2*1H/b29-21+;;. The number of aromatic amines is 1. The van der Waals surface area contributed by atoms with E-state index >= 15 is 0 Å². The number of aromatic hydroxyl groups is 1. The smallest absolute Gasteiger partial charge is 0.199 e.